The van der Waals surface area contributed by atoms with Gasteiger partial charge in [-0.2, -0.15) is 0 Å². The van der Waals surface area contributed by atoms with Crippen LogP contribution < -0.4 is 0 Å². The molecule has 0 saturated heterocycles. The van der Waals surface area contributed by atoms with E-state index in [1.807, 2.05) is 0 Å². The predicted molar refractivity (Wildman–Crippen MR) is 97.7 cm³/mol. The van der Waals surface area contributed by atoms with Crippen LogP contribution >= 0.6 is 0 Å². The van der Waals surface area contributed by atoms with Gasteiger partial charge in [-0.05, 0) is 44.2 Å². The van der Waals surface area contributed by atoms with E-state index >= 15 is 0 Å². The van der Waals surface area contributed by atoms with E-state index in [-0.39, 0.29) is 5.75 Å². The number of phenols is 1. The zero-order valence-electron chi connectivity index (χ0n) is 14.5. The van der Waals surface area contributed by atoms with Crippen LogP contribution in [-0.2, 0) is 0 Å². The number of phenolic OH excluding ortho intramolecular Hbond substituents is 1. The van der Waals surface area contributed by atoms with E-state index in [9.17, 15) is 13.9 Å². The van der Waals surface area contributed by atoms with Gasteiger partial charge in [-0.1, -0.05) is 5.16 Å². The van der Waals surface area contributed by atoms with Crippen LogP contribution in [0, 0.1) is 30.9 Å². The Bertz CT molecular complexity index is 1170. The second-order valence-corrected chi connectivity index (χ2v) is 6.24. The largest absolute Gasteiger partial charge is 0.508 e. The minimum Gasteiger partial charge on any atom is -0.508 e. The maximum Gasteiger partial charge on any atom is 0.160 e. The summed E-state index contributed by atoms with van der Waals surface area (Å²) in [6.07, 6.45) is 1.11. The van der Waals surface area contributed by atoms with Crippen molar-refractivity contribution in [3.8, 4) is 22.7 Å². The van der Waals surface area contributed by atoms with Crippen molar-refractivity contribution in [3.05, 3.63) is 65.1 Å². The first-order valence-electron chi connectivity index (χ1n) is 8.19. The van der Waals surface area contributed by atoms with E-state index in [0.717, 1.165) is 18.3 Å². The van der Waals surface area contributed by atoms with Crippen molar-refractivity contribution < 1.29 is 18.4 Å². The number of rotatable bonds is 3. The Labute approximate surface area is 153 Å². The molecule has 0 aliphatic rings. The topological polar surface area (TPSA) is 75.0 Å². The molecular formula is C20H15F2N3O2. The van der Waals surface area contributed by atoms with Crippen LogP contribution in [0.1, 0.15) is 17.0 Å². The van der Waals surface area contributed by atoms with E-state index in [1.165, 1.54) is 12.1 Å². The smallest absolute Gasteiger partial charge is 0.160 e. The Kier molecular flexibility index (Phi) is 3.80. The van der Waals surface area contributed by atoms with Crippen LogP contribution in [-0.4, -0.2) is 21.0 Å². The van der Waals surface area contributed by atoms with Crippen molar-refractivity contribution in [2.75, 3.05) is 0 Å². The second kappa shape index (κ2) is 6.05. The molecule has 2 heterocycles. The Morgan fingerprint density at radius 2 is 1.78 bits per heavy atom. The number of hydrogen-bond donors (Lipinski definition) is 2. The van der Waals surface area contributed by atoms with Gasteiger partial charge < -0.3 is 19.6 Å². The number of fused-ring (bicyclic) bond motifs is 1. The maximum atomic E-state index is 14.0. The van der Waals surface area contributed by atoms with Crippen molar-refractivity contribution in [1.29, 1.82) is 5.41 Å². The highest BCUT2D eigenvalue weighted by Gasteiger charge is 2.25. The number of hydrogen-bond acceptors (Lipinski definition) is 4. The molecule has 27 heavy (non-hydrogen) atoms. The Balaban J connectivity index is 2.22. The molecule has 4 rings (SSSR count). The van der Waals surface area contributed by atoms with Gasteiger partial charge in [-0.15, -0.1) is 0 Å². The first-order valence-corrected chi connectivity index (χ1v) is 8.19. The summed E-state index contributed by atoms with van der Waals surface area (Å²) in [5.74, 6) is -1.36. The zero-order valence-corrected chi connectivity index (χ0v) is 14.5. The standard InChI is InChI=1S/C20H15F2N3O2/c1-10-19(11(2)27-24-10)20-15(9-23)14-7-16(21)17(22)8-18(14)25(20)12-3-5-13(26)6-4-12/h3-9,23,26H,1-2H3. The minimum atomic E-state index is -0.987. The number of nitrogens with zero attached hydrogens (tertiary/aromatic N) is 2. The predicted octanol–water partition coefficient (Wildman–Crippen LogP) is 4.88. The number of aromatic nitrogens is 2. The summed E-state index contributed by atoms with van der Waals surface area (Å²) >= 11 is 0. The van der Waals surface area contributed by atoms with Crippen molar-refractivity contribution in [3.63, 3.8) is 0 Å². The van der Waals surface area contributed by atoms with Gasteiger partial charge in [0, 0.05) is 28.9 Å². The lowest BCUT2D eigenvalue weighted by atomic mass is 10.0. The van der Waals surface area contributed by atoms with E-state index in [2.05, 4.69) is 5.16 Å². The molecule has 0 saturated carbocycles. The summed E-state index contributed by atoms with van der Waals surface area (Å²) in [6, 6.07) is 8.51. The number of aromatic hydroxyl groups is 1. The van der Waals surface area contributed by atoms with Crippen molar-refractivity contribution in [2.24, 2.45) is 0 Å². The fraction of sp³-hybridized carbons (Fsp3) is 0.100. The molecule has 4 aromatic rings. The monoisotopic (exact) mass is 367 g/mol. The molecule has 2 aromatic carbocycles. The molecule has 7 heteroatoms. The highest BCUT2D eigenvalue weighted by Crippen LogP contribution is 2.39. The Morgan fingerprint density at radius 3 is 2.37 bits per heavy atom. The molecule has 0 bridgehead atoms. The lowest BCUT2D eigenvalue weighted by molar-refractivity contribution is 0.393. The van der Waals surface area contributed by atoms with Crippen molar-refractivity contribution in [2.45, 2.75) is 13.8 Å². The lowest BCUT2D eigenvalue weighted by Gasteiger charge is -2.12. The van der Waals surface area contributed by atoms with Crippen LogP contribution in [0.15, 0.2) is 40.9 Å². The van der Waals surface area contributed by atoms with Crippen LogP contribution in [0.2, 0.25) is 0 Å². The summed E-state index contributed by atoms with van der Waals surface area (Å²) in [4.78, 5) is 0. The fourth-order valence-electron chi connectivity index (χ4n) is 3.39. The van der Waals surface area contributed by atoms with Crippen LogP contribution in [0.25, 0.3) is 27.8 Å². The quantitative estimate of drug-likeness (QED) is 0.507. The molecule has 136 valence electrons. The van der Waals surface area contributed by atoms with E-state index in [1.54, 1.807) is 30.5 Å². The first kappa shape index (κ1) is 17.0. The van der Waals surface area contributed by atoms with Crippen LogP contribution in [0.3, 0.4) is 0 Å². The highest BCUT2D eigenvalue weighted by atomic mass is 19.2. The lowest BCUT2D eigenvalue weighted by Crippen LogP contribution is -1.99. The summed E-state index contributed by atoms with van der Waals surface area (Å²) < 4.78 is 35.0. The second-order valence-electron chi connectivity index (χ2n) is 6.24. The van der Waals surface area contributed by atoms with Crippen LogP contribution in [0.5, 0.6) is 5.75 Å². The normalized spacial score (nSPS) is 11.3. The fourth-order valence-corrected chi connectivity index (χ4v) is 3.39. The average molecular weight is 367 g/mol. The van der Waals surface area contributed by atoms with Gasteiger partial charge in [0.2, 0.25) is 0 Å². The third-order valence-corrected chi connectivity index (χ3v) is 4.57. The maximum absolute atomic E-state index is 14.0. The summed E-state index contributed by atoms with van der Waals surface area (Å²) in [5, 5.41) is 21.9. The van der Waals surface area contributed by atoms with Crippen LogP contribution in [0.4, 0.5) is 8.78 Å². The minimum absolute atomic E-state index is 0.0820. The summed E-state index contributed by atoms with van der Waals surface area (Å²) in [6.45, 7) is 3.50. The van der Waals surface area contributed by atoms with Gasteiger partial charge in [0.25, 0.3) is 0 Å². The van der Waals surface area contributed by atoms with E-state index < -0.39 is 11.6 Å². The molecule has 5 nitrogen and oxygen atoms in total. The van der Waals surface area contributed by atoms with E-state index in [4.69, 9.17) is 9.93 Å². The molecule has 0 aliphatic heterocycles. The van der Waals surface area contributed by atoms with Crippen molar-refractivity contribution >= 4 is 17.1 Å². The van der Waals surface area contributed by atoms with Gasteiger partial charge in [0.15, 0.2) is 11.6 Å². The molecule has 0 fully saturated rings. The third-order valence-electron chi connectivity index (χ3n) is 4.57. The molecule has 2 aromatic heterocycles. The molecule has 0 aliphatic carbocycles. The SMILES string of the molecule is Cc1noc(C)c1-c1c(C=N)c2cc(F)c(F)cc2n1-c1ccc(O)cc1. The number of benzene rings is 2. The average Bonchev–Trinajstić information content (AvgIpc) is 3.12. The zero-order chi connectivity index (χ0) is 19.3. The third kappa shape index (κ3) is 2.51. The Morgan fingerprint density at radius 1 is 1.11 bits per heavy atom. The number of aryl methyl sites for hydroxylation is 2. The molecule has 0 unspecified atom stereocenters. The van der Waals surface area contributed by atoms with Gasteiger partial charge in [-0.3, -0.25) is 0 Å². The molecular weight excluding hydrogens is 352 g/mol. The summed E-state index contributed by atoms with van der Waals surface area (Å²) in [7, 11) is 0. The highest BCUT2D eigenvalue weighted by molar-refractivity contribution is 6.07. The number of nitrogens with one attached hydrogen (secondary N) is 1. The molecule has 0 spiro atoms. The van der Waals surface area contributed by atoms with Crippen molar-refractivity contribution in [1.82, 2.24) is 9.72 Å². The molecule has 0 atom stereocenters. The molecule has 0 radical (unpaired) electrons. The van der Waals surface area contributed by atoms with E-state index in [0.29, 0.717) is 44.9 Å². The molecule has 0 amide bonds. The first-order chi connectivity index (χ1) is 12.9. The van der Waals surface area contributed by atoms with Gasteiger partial charge in [0.1, 0.15) is 11.5 Å². The van der Waals surface area contributed by atoms with Gasteiger partial charge >= 0.3 is 0 Å². The molecule has 2 N–H and O–H groups in total. The Hall–Kier alpha value is -3.48. The van der Waals surface area contributed by atoms with Gasteiger partial charge in [0.05, 0.1) is 22.5 Å². The number of halogens is 2. The summed E-state index contributed by atoms with van der Waals surface area (Å²) in [5.41, 5.74) is 3.23. The van der Waals surface area contributed by atoms with Gasteiger partial charge in [-0.25, -0.2) is 8.78 Å².